The van der Waals surface area contributed by atoms with E-state index in [2.05, 4.69) is 58.4 Å². The fourth-order valence-corrected chi connectivity index (χ4v) is 4.60. The fraction of sp³-hybridized carbons (Fsp3) is 0.500. The Kier molecular flexibility index (Phi) is 7.15. The Bertz CT molecular complexity index is 482. The van der Waals surface area contributed by atoms with Gasteiger partial charge in [0.1, 0.15) is 0 Å². The highest BCUT2D eigenvalue weighted by Crippen LogP contribution is 2.34. The van der Waals surface area contributed by atoms with Crippen molar-refractivity contribution < 1.29 is 9.53 Å². The van der Waals surface area contributed by atoms with Crippen LogP contribution < -0.4 is 10.6 Å². The molecule has 1 aromatic rings. The number of nitrogens with one attached hydrogen (secondary N) is 2. The highest BCUT2D eigenvalue weighted by atomic mass is 79.9. The van der Waals surface area contributed by atoms with E-state index in [1.807, 2.05) is 12.1 Å². The number of hydrogen-bond acceptors (Lipinski definition) is 3. The van der Waals surface area contributed by atoms with E-state index >= 15 is 0 Å². The molecule has 1 aliphatic rings. The van der Waals surface area contributed by atoms with Gasteiger partial charge in [0.15, 0.2) is 0 Å². The van der Waals surface area contributed by atoms with Crippen LogP contribution >= 0.6 is 47.8 Å². The number of amides is 1. The van der Waals surface area contributed by atoms with Gasteiger partial charge in [-0.25, -0.2) is 0 Å². The fourth-order valence-electron chi connectivity index (χ4n) is 2.14. The first-order valence-electron chi connectivity index (χ1n) is 6.83. The molecule has 1 fully saturated rings. The van der Waals surface area contributed by atoms with Gasteiger partial charge in [-0.3, -0.25) is 4.79 Å². The maximum atomic E-state index is 12.0. The summed E-state index contributed by atoms with van der Waals surface area (Å²) in [5, 5.41) is 6.19. The number of halogens is 3. The van der Waals surface area contributed by atoms with Crippen molar-refractivity contribution in [3.63, 3.8) is 0 Å². The Balaban J connectivity index is 1.79. The number of carbonyl (C=O) groups excluding carboxylic acids is 1. The highest BCUT2D eigenvalue weighted by molar-refractivity contribution is 9.11. The average molecular weight is 485 g/mol. The van der Waals surface area contributed by atoms with Crippen molar-refractivity contribution in [2.75, 3.05) is 25.0 Å². The van der Waals surface area contributed by atoms with E-state index in [-0.39, 0.29) is 12.0 Å². The Labute approximate surface area is 149 Å². The van der Waals surface area contributed by atoms with Gasteiger partial charge in [0, 0.05) is 13.4 Å². The van der Waals surface area contributed by atoms with Crippen molar-refractivity contribution in [2.24, 2.45) is 0 Å². The van der Waals surface area contributed by atoms with Crippen LogP contribution in [0.2, 0.25) is 0 Å². The minimum Gasteiger partial charge on any atom is -0.378 e. The molecule has 0 bridgehead atoms. The molecule has 4 nitrogen and oxygen atoms in total. The summed E-state index contributed by atoms with van der Waals surface area (Å²) in [7, 11) is 0. The maximum Gasteiger partial charge on any atom is 0.226 e. The molecule has 0 aromatic heterocycles. The van der Waals surface area contributed by atoms with Gasteiger partial charge >= 0.3 is 0 Å². The molecule has 2 rings (SSSR count). The van der Waals surface area contributed by atoms with Crippen molar-refractivity contribution in [2.45, 2.75) is 25.4 Å². The third-order valence-corrected chi connectivity index (χ3v) is 4.95. The van der Waals surface area contributed by atoms with E-state index in [1.54, 1.807) is 0 Å². The molecular formula is C14H17Br3N2O2. The molecule has 116 valence electrons. The van der Waals surface area contributed by atoms with Gasteiger partial charge in [-0.05, 0) is 69.9 Å². The molecule has 0 radical (unpaired) electrons. The van der Waals surface area contributed by atoms with E-state index in [1.165, 1.54) is 0 Å². The third-order valence-electron chi connectivity index (χ3n) is 3.24. The van der Waals surface area contributed by atoms with Crippen molar-refractivity contribution in [1.82, 2.24) is 5.32 Å². The maximum absolute atomic E-state index is 12.0. The molecule has 0 saturated carbocycles. The lowest BCUT2D eigenvalue weighted by molar-refractivity contribution is -0.117. The predicted octanol–water partition coefficient (Wildman–Crippen LogP) is 4.07. The first-order valence-corrected chi connectivity index (χ1v) is 9.21. The van der Waals surface area contributed by atoms with Gasteiger partial charge in [0.2, 0.25) is 5.91 Å². The minimum atomic E-state index is -0.0485. The van der Waals surface area contributed by atoms with Crippen LogP contribution in [0.1, 0.15) is 19.3 Å². The zero-order chi connectivity index (χ0) is 15.2. The standard InChI is InChI=1S/C14H17Br3N2O2/c15-9-7-11(16)14(12(17)8-9)19-13(20)3-6-21-10-1-4-18-5-2-10/h7-8,10,18H,1-6H2,(H,19,20). The van der Waals surface area contributed by atoms with Crippen LogP contribution in [0.25, 0.3) is 0 Å². The molecule has 0 atom stereocenters. The number of ether oxygens (including phenoxy) is 1. The van der Waals surface area contributed by atoms with Crippen molar-refractivity contribution in [1.29, 1.82) is 0 Å². The largest absolute Gasteiger partial charge is 0.378 e. The second-order valence-corrected chi connectivity index (χ2v) is 7.49. The molecule has 1 heterocycles. The van der Waals surface area contributed by atoms with Crippen LogP contribution in [0.4, 0.5) is 5.69 Å². The first-order chi connectivity index (χ1) is 10.1. The molecule has 1 amide bonds. The third kappa shape index (κ3) is 5.63. The quantitative estimate of drug-likeness (QED) is 0.662. The summed E-state index contributed by atoms with van der Waals surface area (Å²) in [6.07, 6.45) is 2.68. The second kappa shape index (κ2) is 8.62. The summed E-state index contributed by atoms with van der Waals surface area (Å²) in [5.74, 6) is -0.0485. The lowest BCUT2D eigenvalue weighted by atomic mass is 10.1. The Hall–Kier alpha value is 0.0500. The Morgan fingerprint density at radius 3 is 2.48 bits per heavy atom. The summed E-state index contributed by atoms with van der Waals surface area (Å²) in [4.78, 5) is 12.0. The van der Waals surface area contributed by atoms with Crippen LogP contribution in [0.15, 0.2) is 25.6 Å². The van der Waals surface area contributed by atoms with Gasteiger partial charge in [-0.2, -0.15) is 0 Å². The normalized spacial score (nSPS) is 16.0. The van der Waals surface area contributed by atoms with E-state index in [9.17, 15) is 4.79 Å². The van der Waals surface area contributed by atoms with Crippen molar-refractivity contribution in [3.05, 3.63) is 25.6 Å². The zero-order valence-electron chi connectivity index (χ0n) is 11.4. The van der Waals surface area contributed by atoms with E-state index in [0.29, 0.717) is 13.0 Å². The molecule has 1 saturated heterocycles. The summed E-state index contributed by atoms with van der Waals surface area (Å²) < 4.78 is 8.34. The second-order valence-electron chi connectivity index (χ2n) is 4.86. The Morgan fingerprint density at radius 1 is 1.24 bits per heavy atom. The van der Waals surface area contributed by atoms with Crippen molar-refractivity contribution in [3.8, 4) is 0 Å². The zero-order valence-corrected chi connectivity index (χ0v) is 16.2. The van der Waals surface area contributed by atoms with Crippen LogP contribution in [0.5, 0.6) is 0 Å². The monoisotopic (exact) mass is 482 g/mol. The van der Waals surface area contributed by atoms with Crippen LogP contribution in [0, 0.1) is 0 Å². The number of hydrogen-bond donors (Lipinski definition) is 2. The summed E-state index contributed by atoms with van der Waals surface area (Å²) in [6.45, 7) is 2.45. The molecule has 0 spiro atoms. The van der Waals surface area contributed by atoms with Gasteiger partial charge < -0.3 is 15.4 Å². The van der Waals surface area contributed by atoms with E-state index in [4.69, 9.17) is 4.74 Å². The highest BCUT2D eigenvalue weighted by Gasteiger charge is 2.14. The van der Waals surface area contributed by atoms with Crippen LogP contribution in [-0.2, 0) is 9.53 Å². The van der Waals surface area contributed by atoms with E-state index in [0.717, 1.165) is 45.0 Å². The topological polar surface area (TPSA) is 50.4 Å². The van der Waals surface area contributed by atoms with Crippen molar-refractivity contribution >= 4 is 59.4 Å². The number of anilines is 1. The van der Waals surface area contributed by atoms with E-state index < -0.39 is 0 Å². The summed E-state index contributed by atoms with van der Waals surface area (Å²) >= 11 is 10.3. The molecule has 7 heteroatoms. The smallest absolute Gasteiger partial charge is 0.226 e. The summed E-state index contributed by atoms with van der Waals surface area (Å²) in [5.41, 5.74) is 0.741. The number of benzene rings is 1. The minimum absolute atomic E-state index is 0.0485. The molecule has 21 heavy (non-hydrogen) atoms. The van der Waals surface area contributed by atoms with Gasteiger partial charge in [0.25, 0.3) is 0 Å². The number of piperidine rings is 1. The average Bonchev–Trinajstić information content (AvgIpc) is 2.44. The molecular weight excluding hydrogens is 468 g/mol. The molecule has 1 aromatic carbocycles. The lowest BCUT2D eigenvalue weighted by Gasteiger charge is -2.22. The summed E-state index contributed by atoms with van der Waals surface area (Å²) in [6, 6.07) is 3.79. The lowest BCUT2D eigenvalue weighted by Crippen LogP contribution is -2.33. The predicted molar refractivity (Wildman–Crippen MR) is 94.6 cm³/mol. The van der Waals surface area contributed by atoms with Gasteiger partial charge in [-0.1, -0.05) is 15.9 Å². The van der Waals surface area contributed by atoms with Gasteiger partial charge in [-0.15, -0.1) is 0 Å². The Morgan fingerprint density at radius 2 is 1.86 bits per heavy atom. The van der Waals surface area contributed by atoms with Crippen LogP contribution in [0.3, 0.4) is 0 Å². The number of rotatable bonds is 5. The molecule has 0 aliphatic carbocycles. The molecule has 0 unspecified atom stereocenters. The molecule has 1 aliphatic heterocycles. The molecule has 2 N–H and O–H groups in total. The number of carbonyl (C=O) groups is 1. The van der Waals surface area contributed by atoms with Gasteiger partial charge in [0.05, 0.1) is 24.8 Å². The first kappa shape index (κ1) is 17.4. The van der Waals surface area contributed by atoms with Crippen LogP contribution in [-0.4, -0.2) is 31.7 Å². The SMILES string of the molecule is O=C(CCOC1CCNCC1)Nc1c(Br)cc(Br)cc1Br.